The van der Waals surface area contributed by atoms with Gasteiger partial charge in [-0.1, -0.05) is 31.0 Å². The average molecular weight is 694 g/mol. The van der Waals surface area contributed by atoms with Crippen molar-refractivity contribution in [2.24, 2.45) is 11.8 Å². The summed E-state index contributed by atoms with van der Waals surface area (Å²) in [4.78, 5) is 32.6. The number of nitrogens with zero attached hydrogens (tertiary/aromatic N) is 3. The van der Waals surface area contributed by atoms with Crippen molar-refractivity contribution in [1.82, 2.24) is 9.80 Å². The average Bonchev–Trinajstić information content (AvgIpc) is 3.92. The highest BCUT2D eigenvalue weighted by Gasteiger charge is 2.47. The third-order valence-electron chi connectivity index (χ3n) is 11.1. The normalized spacial score (nSPS) is 25.3. The highest BCUT2D eigenvalue weighted by atomic mass is 19.4. The SMILES string of the molecule is CF.COC(=O)C1CCN(c2cc(C(F)(F)F)ccc2C2C[C@@H](CF)N(C(=O)C3CN(C4CCCC4)C[C@H]3c3ccc(OC)cc3)C2)CC1. The van der Waals surface area contributed by atoms with Crippen LogP contribution < -0.4 is 9.64 Å². The van der Waals surface area contributed by atoms with Crippen LogP contribution in [0.5, 0.6) is 5.75 Å². The quantitative estimate of drug-likeness (QED) is 0.219. The molecule has 3 aliphatic heterocycles. The number of esters is 1. The maximum absolute atomic E-state index is 14.7. The van der Waals surface area contributed by atoms with Gasteiger partial charge in [0.15, 0.2) is 0 Å². The number of rotatable bonds is 8. The second-order valence-electron chi connectivity index (χ2n) is 13.7. The molecule has 0 N–H and O–H groups in total. The predicted molar refractivity (Wildman–Crippen MR) is 177 cm³/mol. The van der Waals surface area contributed by atoms with E-state index in [1.165, 1.54) is 32.1 Å². The van der Waals surface area contributed by atoms with Crippen molar-refractivity contribution in [3.63, 3.8) is 0 Å². The first-order chi connectivity index (χ1) is 23.6. The minimum Gasteiger partial charge on any atom is -0.497 e. The summed E-state index contributed by atoms with van der Waals surface area (Å²) in [6, 6.07) is 11.4. The van der Waals surface area contributed by atoms with Gasteiger partial charge in [0.1, 0.15) is 12.4 Å². The zero-order valence-corrected chi connectivity index (χ0v) is 28.6. The Kier molecular flexibility index (Phi) is 12.1. The number of anilines is 1. The lowest BCUT2D eigenvalue weighted by Gasteiger charge is -2.35. The summed E-state index contributed by atoms with van der Waals surface area (Å²) in [7, 11) is 3.46. The molecule has 4 atom stereocenters. The van der Waals surface area contributed by atoms with Crippen molar-refractivity contribution >= 4 is 17.6 Å². The van der Waals surface area contributed by atoms with Gasteiger partial charge in [0.2, 0.25) is 5.91 Å². The Hall–Kier alpha value is -3.41. The standard InChI is InChI=1S/C36H45F4N3O4.CH3F/c1-46-29-10-7-23(8-11-29)31-21-42(27-5-3-4-6-27)22-32(31)34(44)43-20-25(17-28(43)19-37)30-12-9-26(36(38,39)40)18-33(30)41-15-13-24(14-16-41)35(45)47-2;1-2/h7-12,18,24-25,27-28,31-32H,3-6,13-17,19-22H2,1-2H3;1H3/t25?,28-,31-,32?;/m0./s1. The summed E-state index contributed by atoms with van der Waals surface area (Å²) < 4.78 is 76.1. The van der Waals surface area contributed by atoms with Gasteiger partial charge in [0.05, 0.1) is 44.8 Å². The molecule has 0 aromatic heterocycles. The first-order valence-corrected chi connectivity index (χ1v) is 17.3. The predicted octanol–water partition coefficient (Wildman–Crippen LogP) is 7.00. The van der Waals surface area contributed by atoms with E-state index in [0.717, 1.165) is 36.8 Å². The van der Waals surface area contributed by atoms with Crippen molar-refractivity contribution in [1.29, 1.82) is 0 Å². The van der Waals surface area contributed by atoms with E-state index in [2.05, 4.69) is 4.90 Å². The zero-order valence-electron chi connectivity index (χ0n) is 28.6. The number of hydrogen-bond donors (Lipinski definition) is 0. The summed E-state index contributed by atoms with van der Waals surface area (Å²) >= 11 is 0. The van der Waals surface area contributed by atoms with Crippen molar-refractivity contribution in [3.05, 3.63) is 59.2 Å². The van der Waals surface area contributed by atoms with E-state index in [1.54, 1.807) is 12.0 Å². The number of halogens is 5. The van der Waals surface area contributed by atoms with E-state index in [9.17, 15) is 31.5 Å². The van der Waals surface area contributed by atoms with Crippen LogP contribution in [0.2, 0.25) is 0 Å². The van der Waals surface area contributed by atoms with Crippen molar-refractivity contribution < 1.29 is 41.0 Å². The smallest absolute Gasteiger partial charge is 0.416 e. The van der Waals surface area contributed by atoms with E-state index in [0.29, 0.717) is 63.4 Å². The zero-order chi connectivity index (χ0) is 35.3. The Bertz CT molecular complexity index is 1410. The van der Waals surface area contributed by atoms with Crippen molar-refractivity contribution in [2.75, 3.05) is 65.7 Å². The van der Waals surface area contributed by atoms with Gasteiger partial charge in [-0.25, -0.2) is 4.39 Å². The van der Waals surface area contributed by atoms with Crippen LogP contribution in [-0.4, -0.2) is 94.6 Å². The third-order valence-corrected chi connectivity index (χ3v) is 11.1. The topological polar surface area (TPSA) is 62.3 Å². The number of likely N-dealkylation sites (tertiary alicyclic amines) is 2. The number of alkyl halides is 5. The molecule has 0 spiro atoms. The van der Waals surface area contributed by atoms with Gasteiger partial charge in [-0.3, -0.25) is 18.9 Å². The van der Waals surface area contributed by atoms with Gasteiger partial charge in [-0.2, -0.15) is 13.2 Å². The van der Waals surface area contributed by atoms with Gasteiger partial charge in [-0.15, -0.1) is 0 Å². The van der Waals surface area contributed by atoms with Gasteiger partial charge in [-0.05, 0) is 67.5 Å². The molecule has 49 heavy (non-hydrogen) atoms. The molecule has 1 saturated carbocycles. The van der Waals surface area contributed by atoms with Crippen LogP contribution in [0.3, 0.4) is 0 Å². The monoisotopic (exact) mass is 693 g/mol. The van der Waals surface area contributed by atoms with Crippen LogP contribution in [0.1, 0.15) is 73.5 Å². The Labute approximate surface area is 285 Å². The van der Waals surface area contributed by atoms with Gasteiger partial charge in [0, 0.05) is 56.3 Å². The molecule has 2 aromatic rings. The molecule has 0 radical (unpaired) electrons. The van der Waals surface area contributed by atoms with Gasteiger partial charge >= 0.3 is 12.1 Å². The largest absolute Gasteiger partial charge is 0.497 e. The number of hydrogen-bond acceptors (Lipinski definition) is 6. The summed E-state index contributed by atoms with van der Waals surface area (Å²) in [6.45, 7) is 1.71. The number of carbonyl (C=O) groups is 2. The summed E-state index contributed by atoms with van der Waals surface area (Å²) in [5.41, 5.74) is 1.44. The van der Waals surface area contributed by atoms with Gasteiger partial charge < -0.3 is 19.3 Å². The lowest BCUT2D eigenvalue weighted by Crippen LogP contribution is -2.43. The molecule has 6 rings (SSSR count). The Morgan fingerprint density at radius 1 is 0.898 bits per heavy atom. The summed E-state index contributed by atoms with van der Waals surface area (Å²) in [5, 5.41) is 0. The van der Waals surface area contributed by atoms with Crippen LogP contribution in [0, 0.1) is 11.8 Å². The second kappa shape index (κ2) is 16.1. The van der Waals surface area contributed by atoms with Crippen molar-refractivity contribution in [2.45, 2.75) is 75.0 Å². The number of piperidine rings is 1. The molecular weight excluding hydrogens is 645 g/mol. The van der Waals surface area contributed by atoms with Crippen molar-refractivity contribution in [3.8, 4) is 5.75 Å². The lowest BCUT2D eigenvalue weighted by molar-refractivity contribution is -0.146. The van der Waals surface area contributed by atoms with Crippen LogP contribution in [-0.2, 0) is 20.5 Å². The van der Waals surface area contributed by atoms with E-state index in [1.807, 2.05) is 29.2 Å². The number of ether oxygens (including phenoxy) is 2. The first kappa shape index (κ1) is 36.9. The highest BCUT2D eigenvalue weighted by molar-refractivity contribution is 5.82. The molecule has 7 nitrogen and oxygen atoms in total. The molecule has 4 aliphatic rings. The minimum atomic E-state index is -4.53. The molecule has 3 saturated heterocycles. The number of carbonyl (C=O) groups excluding carboxylic acids is 2. The molecule has 0 bridgehead atoms. The molecule has 270 valence electrons. The molecule has 2 unspecified atom stereocenters. The number of methoxy groups -OCH3 is 2. The second-order valence-corrected chi connectivity index (χ2v) is 13.7. The summed E-state index contributed by atoms with van der Waals surface area (Å²) in [6.07, 6.45) is 1.34. The van der Waals surface area contributed by atoms with Crippen LogP contribution in [0.15, 0.2) is 42.5 Å². The first-order valence-electron chi connectivity index (χ1n) is 17.3. The van der Waals surface area contributed by atoms with E-state index >= 15 is 0 Å². The fourth-order valence-corrected chi connectivity index (χ4v) is 8.47. The molecule has 3 heterocycles. The Morgan fingerprint density at radius 3 is 2.16 bits per heavy atom. The molecule has 1 aliphatic carbocycles. The van der Waals surface area contributed by atoms with Crippen LogP contribution >= 0.6 is 0 Å². The fourth-order valence-electron chi connectivity index (χ4n) is 8.47. The van der Waals surface area contributed by atoms with E-state index in [4.69, 9.17) is 9.47 Å². The van der Waals surface area contributed by atoms with Crippen LogP contribution in [0.25, 0.3) is 0 Å². The molecule has 1 amide bonds. The van der Waals surface area contributed by atoms with Gasteiger partial charge in [0.25, 0.3) is 0 Å². The summed E-state index contributed by atoms with van der Waals surface area (Å²) in [5.74, 6) is -0.659. The minimum absolute atomic E-state index is 0.0500. The maximum Gasteiger partial charge on any atom is 0.416 e. The molecule has 12 heteroatoms. The van der Waals surface area contributed by atoms with E-state index < -0.39 is 24.5 Å². The van der Waals surface area contributed by atoms with Crippen LogP contribution in [0.4, 0.5) is 27.6 Å². The maximum atomic E-state index is 14.7. The lowest BCUT2D eigenvalue weighted by atomic mass is 9.87. The highest BCUT2D eigenvalue weighted by Crippen LogP contribution is 2.44. The molecular formula is C37H48F5N3O4. The fraction of sp³-hybridized carbons (Fsp3) is 0.622. The Morgan fingerprint density at radius 2 is 1.57 bits per heavy atom. The molecule has 2 aromatic carbocycles. The number of amides is 1. The number of benzene rings is 2. The Balaban J connectivity index is 0.00000230. The third kappa shape index (κ3) is 7.99. The van der Waals surface area contributed by atoms with E-state index in [-0.39, 0.29) is 42.1 Å². The molecule has 4 fully saturated rings.